The number of hydrogen-bond acceptors (Lipinski definition) is 1. The second-order valence-corrected chi connectivity index (χ2v) is 5.35. The highest BCUT2D eigenvalue weighted by molar-refractivity contribution is 6.33. The second-order valence-electron chi connectivity index (χ2n) is 4.95. The van der Waals surface area contributed by atoms with Crippen LogP contribution in [-0.4, -0.2) is 5.91 Å². The van der Waals surface area contributed by atoms with Crippen molar-refractivity contribution < 1.29 is 4.79 Å². The van der Waals surface area contributed by atoms with Crippen molar-refractivity contribution in [2.45, 2.75) is 26.7 Å². The molecule has 1 N–H and O–H groups in total. The zero-order valence-electron chi connectivity index (χ0n) is 11.7. The molecule has 2 aromatic carbocycles. The molecule has 1 amide bonds. The minimum atomic E-state index is -0.0173. The zero-order chi connectivity index (χ0) is 14.5. The van der Waals surface area contributed by atoms with Crippen LogP contribution >= 0.6 is 11.6 Å². The number of nitrogens with one attached hydrogen (secondary N) is 1. The second kappa shape index (κ2) is 6.58. The fraction of sp³-hybridized carbons (Fsp3) is 0.235. The Kier molecular flexibility index (Phi) is 4.80. The summed E-state index contributed by atoms with van der Waals surface area (Å²) < 4.78 is 0. The molecule has 0 atom stereocenters. The maximum atomic E-state index is 11.9. The van der Waals surface area contributed by atoms with Gasteiger partial charge < -0.3 is 5.32 Å². The maximum absolute atomic E-state index is 11.9. The lowest BCUT2D eigenvalue weighted by Gasteiger charge is -2.08. The van der Waals surface area contributed by atoms with Gasteiger partial charge in [-0.1, -0.05) is 41.9 Å². The molecule has 20 heavy (non-hydrogen) atoms. The summed E-state index contributed by atoms with van der Waals surface area (Å²) in [7, 11) is 0. The van der Waals surface area contributed by atoms with Gasteiger partial charge in [-0.2, -0.15) is 0 Å². The highest BCUT2D eigenvalue weighted by atomic mass is 35.5. The molecule has 0 aliphatic carbocycles. The maximum Gasteiger partial charge on any atom is 0.224 e. The van der Waals surface area contributed by atoms with Crippen molar-refractivity contribution in [3.05, 3.63) is 64.2 Å². The molecule has 0 heterocycles. The normalized spacial score (nSPS) is 10.3. The Morgan fingerprint density at radius 2 is 1.85 bits per heavy atom. The number of rotatable bonds is 4. The highest BCUT2D eigenvalue weighted by Gasteiger charge is 2.06. The number of aryl methyl sites for hydroxylation is 3. The molecule has 0 aromatic heterocycles. The average Bonchev–Trinajstić information content (AvgIpc) is 2.43. The van der Waals surface area contributed by atoms with Crippen LogP contribution in [0.5, 0.6) is 0 Å². The summed E-state index contributed by atoms with van der Waals surface area (Å²) in [5.41, 5.74) is 4.38. The van der Waals surface area contributed by atoms with E-state index >= 15 is 0 Å². The third kappa shape index (κ3) is 3.84. The standard InChI is InChI=1S/C17H18ClNO/c1-12-7-8-14(11-13(12)2)9-10-17(20)19-16-6-4-3-5-15(16)18/h3-8,11H,9-10H2,1-2H3,(H,19,20). The van der Waals surface area contributed by atoms with E-state index in [0.717, 1.165) is 6.42 Å². The predicted molar refractivity (Wildman–Crippen MR) is 84.3 cm³/mol. The van der Waals surface area contributed by atoms with Gasteiger partial charge in [0.05, 0.1) is 10.7 Å². The first kappa shape index (κ1) is 14.6. The summed E-state index contributed by atoms with van der Waals surface area (Å²) in [4.78, 5) is 11.9. The minimum Gasteiger partial charge on any atom is -0.325 e. The average molecular weight is 288 g/mol. The molecule has 0 spiro atoms. The molecule has 0 bridgehead atoms. The van der Waals surface area contributed by atoms with Crippen molar-refractivity contribution in [1.82, 2.24) is 0 Å². The number of amides is 1. The van der Waals surface area contributed by atoms with Crippen LogP contribution in [-0.2, 0) is 11.2 Å². The molecule has 0 radical (unpaired) electrons. The van der Waals surface area contributed by atoms with Crippen molar-refractivity contribution in [2.24, 2.45) is 0 Å². The molecule has 2 rings (SSSR count). The van der Waals surface area contributed by atoms with Crippen molar-refractivity contribution in [2.75, 3.05) is 5.32 Å². The number of benzene rings is 2. The van der Waals surface area contributed by atoms with Crippen LogP contribution in [0.4, 0.5) is 5.69 Å². The number of hydrogen-bond donors (Lipinski definition) is 1. The molecular weight excluding hydrogens is 270 g/mol. The van der Waals surface area contributed by atoms with E-state index in [-0.39, 0.29) is 5.91 Å². The lowest BCUT2D eigenvalue weighted by Crippen LogP contribution is -2.12. The zero-order valence-corrected chi connectivity index (χ0v) is 12.5. The SMILES string of the molecule is Cc1ccc(CCC(=O)Nc2ccccc2Cl)cc1C. The van der Waals surface area contributed by atoms with Crippen LogP contribution in [0, 0.1) is 13.8 Å². The molecule has 0 unspecified atom stereocenters. The molecule has 0 aliphatic heterocycles. The van der Waals surface area contributed by atoms with Crippen LogP contribution in [0.1, 0.15) is 23.1 Å². The summed E-state index contributed by atoms with van der Waals surface area (Å²) >= 11 is 6.01. The first-order chi connectivity index (χ1) is 9.56. The highest BCUT2D eigenvalue weighted by Crippen LogP contribution is 2.20. The lowest BCUT2D eigenvalue weighted by molar-refractivity contribution is -0.116. The van der Waals surface area contributed by atoms with Crippen molar-refractivity contribution in [3.63, 3.8) is 0 Å². The van der Waals surface area contributed by atoms with Gasteiger partial charge in [-0.15, -0.1) is 0 Å². The number of carbonyl (C=O) groups is 1. The summed E-state index contributed by atoms with van der Waals surface area (Å²) in [6, 6.07) is 13.6. The van der Waals surface area contributed by atoms with Crippen LogP contribution in [0.25, 0.3) is 0 Å². The van der Waals surface area contributed by atoms with Gasteiger partial charge in [-0.05, 0) is 49.1 Å². The molecular formula is C17H18ClNO. The third-order valence-corrected chi connectivity index (χ3v) is 3.69. The number of carbonyl (C=O) groups excluding carboxylic acids is 1. The van der Waals surface area contributed by atoms with Gasteiger partial charge in [0.25, 0.3) is 0 Å². The van der Waals surface area contributed by atoms with E-state index in [4.69, 9.17) is 11.6 Å². The number of anilines is 1. The van der Waals surface area contributed by atoms with Gasteiger partial charge >= 0.3 is 0 Å². The van der Waals surface area contributed by atoms with Crippen LogP contribution in [0.15, 0.2) is 42.5 Å². The Hall–Kier alpha value is -1.80. The first-order valence-corrected chi connectivity index (χ1v) is 7.04. The van der Waals surface area contributed by atoms with E-state index in [9.17, 15) is 4.79 Å². The predicted octanol–water partition coefficient (Wildman–Crippen LogP) is 4.53. The van der Waals surface area contributed by atoms with Gasteiger partial charge in [-0.25, -0.2) is 0 Å². The van der Waals surface area contributed by atoms with Gasteiger partial charge in [0.2, 0.25) is 5.91 Å². The third-order valence-electron chi connectivity index (χ3n) is 3.36. The van der Waals surface area contributed by atoms with Crippen molar-refractivity contribution in [3.8, 4) is 0 Å². The Labute approximate surface area is 124 Å². The van der Waals surface area contributed by atoms with Gasteiger partial charge in [-0.3, -0.25) is 4.79 Å². The van der Waals surface area contributed by atoms with Crippen LogP contribution in [0.3, 0.4) is 0 Å². The van der Waals surface area contributed by atoms with E-state index in [1.165, 1.54) is 16.7 Å². The van der Waals surface area contributed by atoms with Gasteiger partial charge in [0.1, 0.15) is 0 Å². The Morgan fingerprint density at radius 3 is 2.55 bits per heavy atom. The summed E-state index contributed by atoms with van der Waals surface area (Å²) in [6.45, 7) is 4.17. The van der Waals surface area contributed by atoms with E-state index < -0.39 is 0 Å². The summed E-state index contributed by atoms with van der Waals surface area (Å²) in [6.07, 6.45) is 1.19. The Balaban J connectivity index is 1.92. The molecule has 2 aromatic rings. The Bertz CT molecular complexity index is 622. The van der Waals surface area contributed by atoms with Crippen LogP contribution < -0.4 is 5.32 Å². The van der Waals surface area contributed by atoms with Crippen molar-refractivity contribution >= 4 is 23.2 Å². The fourth-order valence-electron chi connectivity index (χ4n) is 1.99. The molecule has 0 aliphatic rings. The molecule has 104 valence electrons. The van der Waals surface area contributed by atoms with E-state index in [0.29, 0.717) is 17.1 Å². The minimum absolute atomic E-state index is 0.0173. The molecule has 0 saturated carbocycles. The molecule has 0 fully saturated rings. The Morgan fingerprint density at radius 1 is 1.10 bits per heavy atom. The molecule has 0 saturated heterocycles. The largest absolute Gasteiger partial charge is 0.325 e. The smallest absolute Gasteiger partial charge is 0.224 e. The number of para-hydroxylation sites is 1. The summed E-state index contributed by atoms with van der Waals surface area (Å²) in [5, 5.41) is 3.40. The molecule has 3 heteroatoms. The first-order valence-electron chi connectivity index (χ1n) is 6.67. The van der Waals surface area contributed by atoms with E-state index in [1.54, 1.807) is 12.1 Å². The monoisotopic (exact) mass is 287 g/mol. The van der Waals surface area contributed by atoms with Crippen LogP contribution in [0.2, 0.25) is 5.02 Å². The fourth-order valence-corrected chi connectivity index (χ4v) is 2.18. The van der Waals surface area contributed by atoms with Crippen molar-refractivity contribution in [1.29, 1.82) is 0 Å². The topological polar surface area (TPSA) is 29.1 Å². The molecule has 2 nitrogen and oxygen atoms in total. The number of halogens is 1. The lowest BCUT2D eigenvalue weighted by atomic mass is 10.0. The quantitative estimate of drug-likeness (QED) is 0.879. The summed E-state index contributed by atoms with van der Waals surface area (Å²) in [5.74, 6) is -0.0173. The van der Waals surface area contributed by atoms with E-state index in [2.05, 4.69) is 37.4 Å². The van der Waals surface area contributed by atoms with E-state index in [1.807, 2.05) is 12.1 Å². The van der Waals surface area contributed by atoms with Gasteiger partial charge in [0, 0.05) is 6.42 Å². The van der Waals surface area contributed by atoms with Gasteiger partial charge in [0.15, 0.2) is 0 Å².